The van der Waals surface area contributed by atoms with Gasteiger partial charge in [0.1, 0.15) is 18.2 Å². The average molecular weight is 571 g/mol. The van der Waals surface area contributed by atoms with Crippen molar-refractivity contribution in [1.82, 2.24) is 24.7 Å². The summed E-state index contributed by atoms with van der Waals surface area (Å²) in [5, 5.41) is 11.2. The van der Waals surface area contributed by atoms with Crippen LogP contribution in [0.5, 0.6) is 11.8 Å². The number of piperazine rings is 1. The summed E-state index contributed by atoms with van der Waals surface area (Å²) in [6, 6.07) is 6.00. The monoisotopic (exact) mass is 570 g/mol. The summed E-state index contributed by atoms with van der Waals surface area (Å²) >= 11 is 6.56. The number of hydrogen-bond donors (Lipinski definition) is 1. The van der Waals surface area contributed by atoms with Gasteiger partial charge in [0.15, 0.2) is 0 Å². The lowest BCUT2D eigenvalue weighted by atomic mass is 10.1. The normalized spacial score (nSPS) is 22.3. The van der Waals surface area contributed by atoms with Gasteiger partial charge in [-0.3, -0.25) is 9.69 Å². The van der Waals surface area contributed by atoms with E-state index in [0.717, 1.165) is 47.8 Å². The fraction of sp³-hybridized carbons (Fsp3) is 0.552. The molecule has 0 bridgehead atoms. The molecule has 2 aromatic rings. The largest absolute Gasteiger partial charge is 0.496 e. The van der Waals surface area contributed by atoms with Gasteiger partial charge in [-0.1, -0.05) is 24.2 Å². The molecule has 11 heteroatoms. The van der Waals surface area contributed by atoms with E-state index < -0.39 is 6.10 Å². The van der Waals surface area contributed by atoms with Crippen LogP contribution in [-0.4, -0.2) is 101 Å². The Morgan fingerprint density at radius 2 is 2.10 bits per heavy atom. The van der Waals surface area contributed by atoms with E-state index in [1.807, 2.05) is 18.2 Å². The average Bonchev–Trinajstić information content (AvgIpc) is 3.56. The molecule has 3 aliphatic heterocycles. The lowest BCUT2D eigenvalue weighted by molar-refractivity contribution is -0.131. The number of ether oxygens (including phenoxy) is 2. The molecule has 5 rings (SSSR count). The van der Waals surface area contributed by atoms with Crippen LogP contribution in [0.3, 0.4) is 0 Å². The zero-order valence-corrected chi connectivity index (χ0v) is 24.3. The zero-order valence-electron chi connectivity index (χ0n) is 23.6. The molecule has 40 heavy (non-hydrogen) atoms. The summed E-state index contributed by atoms with van der Waals surface area (Å²) in [5.41, 5.74) is 2.88. The number of rotatable bonds is 9. The highest BCUT2D eigenvalue weighted by Crippen LogP contribution is 2.36. The second-order valence-electron chi connectivity index (χ2n) is 10.9. The molecule has 0 spiro atoms. The lowest BCUT2D eigenvalue weighted by Crippen LogP contribution is -2.59. The number of amides is 1. The predicted molar refractivity (Wildman–Crippen MR) is 154 cm³/mol. The third kappa shape index (κ3) is 5.90. The van der Waals surface area contributed by atoms with Gasteiger partial charge in [-0.05, 0) is 51.6 Å². The van der Waals surface area contributed by atoms with E-state index >= 15 is 0 Å². The van der Waals surface area contributed by atoms with Crippen molar-refractivity contribution in [2.24, 2.45) is 0 Å². The molecule has 2 fully saturated rings. The molecule has 2 saturated heterocycles. The number of hydrogen-bond acceptors (Lipinski definition) is 9. The summed E-state index contributed by atoms with van der Waals surface area (Å²) in [6.45, 7) is 10.3. The number of likely N-dealkylation sites (N-methyl/N-ethyl adjacent to an activating group) is 1. The fourth-order valence-corrected chi connectivity index (χ4v) is 6.22. The van der Waals surface area contributed by atoms with Crippen molar-refractivity contribution in [3.8, 4) is 11.8 Å². The maximum absolute atomic E-state index is 12.5. The smallest absolute Gasteiger partial charge is 0.318 e. The Balaban J connectivity index is 1.43. The second kappa shape index (κ2) is 12.3. The molecule has 0 aliphatic carbocycles. The molecule has 1 unspecified atom stereocenters. The van der Waals surface area contributed by atoms with E-state index in [4.69, 9.17) is 31.0 Å². The van der Waals surface area contributed by atoms with Gasteiger partial charge in [0.25, 0.3) is 0 Å². The van der Waals surface area contributed by atoms with Gasteiger partial charge in [0, 0.05) is 61.5 Å². The molecule has 216 valence electrons. The van der Waals surface area contributed by atoms with E-state index in [2.05, 4.69) is 28.3 Å². The predicted octanol–water partition coefficient (Wildman–Crippen LogP) is 2.71. The van der Waals surface area contributed by atoms with Crippen LogP contribution in [-0.2, 0) is 24.4 Å². The van der Waals surface area contributed by atoms with Crippen molar-refractivity contribution in [2.75, 3.05) is 51.8 Å². The molecule has 0 radical (unpaired) electrons. The molecular formula is C29H39ClN6O4. The molecule has 1 aromatic heterocycles. The van der Waals surface area contributed by atoms with Crippen LogP contribution in [0, 0.1) is 0 Å². The first-order valence-corrected chi connectivity index (χ1v) is 14.3. The van der Waals surface area contributed by atoms with Crippen LogP contribution in [0.25, 0.3) is 0 Å². The van der Waals surface area contributed by atoms with Crippen molar-refractivity contribution < 1.29 is 19.4 Å². The van der Waals surface area contributed by atoms with Gasteiger partial charge in [0.05, 0.1) is 24.9 Å². The van der Waals surface area contributed by atoms with E-state index in [1.165, 1.54) is 6.08 Å². The Hall–Kier alpha value is -2.92. The summed E-state index contributed by atoms with van der Waals surface area (Å²) in [4.78, 5) is 30.7. The van der Waals surface area contributed by atoms with Crippen molar-refractivity contribution in [3.63, 3.8) is 0 Å². The minimum atomic E-state index is -0.709. The summed E-state index contributed by atoms with van der Waals surface area (Å²) in [6.07, 6.45) is 2.85. The number of aromatic nitrogens is 2. The molecule has 1 N–H and O–H groups in total. The highest BCUT2D eigenvalue weighted by atomic mass is 35.5. The van der Waals surface area contributed by atoms with Gasteiger partial charge >= 0.3 is 6.01 Å². The summed E-state index contributed by atoms with van der Waals surface area (Å²) < 4.78 is 11.8. The summed E-state index contributed by atoms with van der Waals surface area (Å²) in [5.74, 6) is 1.37. The van der Waals surface area contributed by atoms with Crippen molar-refractivity contribution in [2.45, 2.75) is 57.6 Å². The van der Waals surface area contributed by atoms with Crippen LogP contribution in [0.1, 0.15) is 36.6 Å². The number of benzene rings is 1. The first-order chi connectivity index (χ1) is 19.3. The van der Waals surface area contributed by atoms with E-state index in [0.29, 0.717) is 63.0 Å². The van der Waals surface area contributed by atoms with Crippen LogP contribution in [0.2, 0.25) is 5.02 Å². The maximum atomic E-state index is 12.5. The molecule has 1 aromatic carbocycles. The third-order valence-electron chi connectivity index (χ3n) is 8.29. The Labute approximate surface area is 241 Å². The van der Waals surface area contributed by atoms with Crippen molar-refractivity contribution in [3.05, 3.63) is 52.7 Å². The number of fused-ring (bicyclic) bond motifs is 1. The minimum absolute atomic E-state index is 0.178. The van der Waals surface area contributed by atoms with E-state index in [1.54, 1.807) is 18.9 Å². The van der Waals surface area contributed by atoms with E-state index in [-0.39, 0.29) is 11.9 Å². The molecule has 10 nitrogen and oxygen atoms in total. The van der Waals surface area contributed by atoms with Gasteiger partial charge in [-0.25, -0.2) is 0 Å². The van der Waals surface area contributed by atoms with Crippen molar-refractivity contribution in [1.29, 1.82) is 0 Å². The standard InChI is InChI=1S/C29H39ClN6O4/c1-5-27(38)36-13-12-35(17-25(36)19(2)37)28-22-15-34(14-21-23(30)9-6-10-26(21)39-4)16-24(22)31-29(32-28)40-18-20-8-7-11-33(20)3/h5-6,9-10,19-20,25,37H,1,7-8,11-18H2,2-4H3/t19?,20-,25+/m0/s1. The maximum Gasteiger partial charge on any atom is 0.318 e. The first kappa shape index (κ1) is 28.6. The SMILES string of the molecule is C=CC(=O)N1CCN(c2nc(OC[C@@H]3CCCN3C)nc3c2CN(Cc2c(Cl)cccc2OC)C3)C[C@@H]1C(C)O. The molecule has 4 heterocycles. The van der Waals surface area contributed by atoms with Crippen LogP contribution < -0.4 is 14.4 Å². The third-order valence-corrected chi connectivity index (χ3v) is 8.65. The number of methoxy groups -OCH3 is 1. The number of likely N-dealkylation sites (tertiary alicyclic amines) is 1. The molecule has 3 aliphatic rings. The van der Waals surface area contributed by atoms with Crippen molar-refractivity contribution >= 4 is 23.3 Å². The Kier molecular flexibility index (Phi) is 8.80. The van der Waals surface area contributed by atoms with Gasteiger partial charge in [-0.2, -0.15) is 9.97 Å². The Morgan fingerprint density at radius 1 is 1.27 bits per heavy atom. The number of aliphatic hydroxyl groups excluding tert-OH is 1. The number of nitrogens with zero attached hydrogens (tertiary/aromatic N) is 6. The second-order valence-corrected chi connectivity index (χ2v) is 11.3. The van der Waals surface area contributed by atoms with Crippen LogP contribution >= 0.6 is 11.6 Å². The molecular weight excluding hydrogens is 532 g/mol. The first-order valence-electron chi connectivity index (χ1n) is 13.9. The molecule has 1 amide bonds. The number of aliphatic hydroxyl groups is 1. The Morgan fingerprint density at radius 3 is 2.80 bits per heavy atom. The lowest BCUT2D eigenvalue weighted by Gasteiger charge is -2.43. The fourth-order valence-electron chi connectivity index (χ4n) is 5.99. The number of halogens is 1. The van der Waals surface area contributed by atoms with Crippen LogP contribution in [0.15, 0.2) is 30.9 Å². The van der Waals surface area contributed by atoms with E-state index in [9.17, 15) is 9.90 Å². The van der Waals surface area contributed by atoms with Gasteiger partial charge < -0.3 is 29.3 Å². The molecule has 0 saturated carbocycles. The highest BCUT2D eigenvalue weighted by Gasteiger charge is 2.36. The quantitative estimate of drug-likeness (QED) is 0.457. The minimum Gasteiger partial charge on any atom is -0.496 e. The Bertz CT molecular complexity index is 1240. The number of anilines is 1. The van der Waals surface area contributed by atoms with Crippen LogP contribution in [0.4, 0.5) is 5.82 Å². The number of carbonyl (C=O) groups excluding carboxylic acids is 1. The zero-order chi connectivity index (χ0) is 28.4. The summed E-state index contributed by atoms with van der Waals surface area (Å²) in [7, 11) is 3.77. The highest BCUT2D eigenvalue weighted by molar-refractivity contribution is 6.31. The molecule has 3 atom stereocenters. The number of carbonyl (C=O) groups is 1. The van der Waals surface area contributed by atoms with Gasteiger partial charge in [-0.15, -0.1) is 0 Å². The topological polar surface area (TPSA) is 94.5 Å². The van der Waals surface area contributed by atoms with Gasteiger partial charge in [0.2, 0.25) is 5.91 Å².